The van der Waals surface area contributed by atoms with Crippen molar-refractivity contribution in [2.24, 2.45) is 0 Å². The molecule has 102 valence electrons. The number of unbranched alkanes of at least 4 members (excludes halogenated alkanes) is 2. The molecule has 1 aromatic rings. The highest BCUT2D eigenvalue weighted by Crippen LogP contribution is 2.17. The maximum absolute atomic E-state index is 11.4. The van der Waals surface area contributed by atoms with Gasteiger partial charge < -0.3 is 15.1 Å². The second-order valence-corrected chi connectivity index (χ2v) is 5.13. The number of rotatable bonds is 8. The number of carbonyl (C=O) groups is 1. The number of hydrogen-bond donors (Lipinski definition) is 1. The lowest BCUT2D eigenvalue weighted by Gasteiger charge is -2.07. The number of thioether (sulfide) groups is 1. The van der Waals surface area contributed by atoms with E-state index in [0.717, 1.165) is 32.2 Å². The van der Waals surface area contributed by atoms with Gasteiger partial charge in [-0.25, -0.2) is 0 Å². The molecule has 0 atom stereocenters. The molecule has 6 nitrogen and oxygen atoms in total. The Morgan fingerprint density at radius 1 is 1.33 bits per heavy atom. The number of hydrogen-bond acceptors (Lipinski definition) is 5. The molecule has 1 rings (SSSR count). The van der Waals surface area contributed by atoms with Gasteiger partial charge in [0.15, 0.2) is 0 Å². The lowest BCUT2D eigenvalue weighted by atomic mass is 10.2. The van der Waals surface area contributed by atoms with E-state index in [9.17, 15) is 4.79 Å². The number of aromatic nitrogens is 2. The van der Waals surface area contributed by atoms with E-state index >= 15 is 0 Å². The highest BCUT2D eigenvalue weighted by molar-refractivity contribution is 7.99. The third-order valence-corrected chi connectivity index (χ3v) is 3.21. The summed E-state index contributed by atoms with van der Waals surface area (Å²) in [7, 11) is 3.45. The molecule has 0 bridgehead atoms. The van der Waals surface area contributed by atoms with Crippen molar-refractivity contribution in [2.45, 2.75) is 30.9 Å². The fourth-order valence-electron chi connectivity index (χ4n) is 1.28. The third kappa shape index (κ3) is 5.50. The Morgan fingerprint density at radius 2 is 2.11 bits per heavy atom. The van der Waals surface area contributed by atoms with Crippen molar-refractivity contribution in [2.75, 3.05) is 26.4 Å². The van der Waals surface area contributed by atoms with Crippen LogP contribution in [0.5, 0.6) is 0 Å². The largest absolute Gasteiger partial charge is 0.416 e. The van der Waals surface area contributed by atoms with Crippen molar-refractivity contribution in [3.63, 3.8) is 0 Å². The lowest BCUT2D eigenvalue weighted by molar-refractivity contribution is -0.368. The monoisotopic (exact) mass is 273 g/mol. The van der Waals surface area contributed by atoms with Crippen molar-refractivity contribution in [1.82, 2.24) is 15.1 Å². The summed E-state index contributed by atoms with van der Waals surface area (Å²) in [6, 6.07) is 0. The number of amides is 1. The lowest BCUT2D eigenvalue weighted by Crippen LogP contribution is -2.50. The minimum atomic E-state index is 0.0372. The molecular weight excluding hydrogens is 252 g/mol. The topological polar surface area (TPSA) is 86.9 Å². The Labute approximate surface area is 111 Å². The standard InChI is InChI=1S/C11H20N4O2S/c1-15(2)10(16)8-18-11-14-13-9(17-11)6-4-3-5-7-12/h3-8,12H2,1-2H3/p+1. The molecule has 0 saturated heterocycles. The van der Waals surface area contributed by atoms with Gasteiger partial charge in [-0.05, 0) is 19.3 Å². The summed E-state index contributed by atoms with van der Waals surface area (Å²) in [6.45, 7) is 0.970. The molecule has 1 aromatic heterocycles. The Morgan fingerprint density at radius 3 is 2.78 bits per heavy atom. The van der Waals surface area contributed by atoms with Gasteiger partial charge in [-0.3, -0.25) is 4.79 Å². The Balaban J connectivity index is 2.28. The fourth-order valence-corrected chi connectivity index (χ4v) is 2.04. The summed E-state index contributed by atoms with van der Waals surface area (Å²) in [6.07, 6.45) is 4.11. The maximum atomic E-state index is 11.4. The average Bonchev–Trinajstić information content (AvgIpc) is 2.79. The number of quaternary nitrogens is 1. The van der Waals surface area contributed by atoms with Crippen LogP contribution in [-0.2, 0) is 11.2 Å². The zero-order valence-electron chi connectivity index (χ0n) is 11.0. The van der Waals surface area contributed by atoms with E-state index < -0.39 is 0 Å². The van der Waals surface area contributed by atoms with Crippen molar-refractivity contribution in [3.05, 3.63) is 5.89 Å². The zero-order chi connectivity index (χ0) is 13.4. The molecule has 0 aliphatic heterocycles. The van der Waals surface area contributed by atoms with E-state index in [1.807, 2.05) is 0 Å². The van der Waals surface area contributed by atoms with E-state index in [0.29, 0.717) is 16.9 Å². The van der Waals surface area contributed by atoms with E-state index in [2.05, 4.69) is 15.9 Å². The van der Waals surface area contributed by atoms with Gasteiger partial charge in [0.2, 0.25) is 11.8 Å². The first-order chi connectivity index (χ1) is 8.63. The van der Waals surface area contributed by atoms with Gasteiger partial charge in [0.05, 0.1) is 12.3 Å². The molecular formula is C11H21N4O2S+. The smallest absolute Gasteiger partial charge is 0.277 e. The molecule has 7 heteroatoms. The van der Waals surface area contributed by atoms with Gasteiger partial charge in [0.1, 0.15) is 0 Å². The van der Waals surface area contributed by atoms with Crippen molar-refractivity contribution >= 4 is 17.7 Å². The van der Waals surface area contributed by atoms with Crippen LogP contribution in [0.25, 0.3) is 0 Å². The predicted molar refractivity (Wildman–Crippen MR) is 69.0 cm³/mol. The number of aryl methyl sites for hydroxylation is 1. The van der Waals surface area contributed by atoms with Gasteiger partial charge >= 0.3 is 0 Å². The first-order valence-corrected chi connectivity index (χ1v) is 7.06. The number of nitrogens with zero attached hydrogens (tertiary/aromatic N) is 3. The normalized spacial score (nSPS) is 10.6. The summed E-state index contributed by atoms with van der Waals surface area (Å²) in [5.41, 5.74) is 3.80. The zero-order valence-corrected chi connectivity index (χ0v) is 11.8. The van der Waals surface area contributed by atoms with Crippen LogP contribution < -0.4 is 5.73 Å². The SMILES string of the molecule is CN(C)C(=O)CSc1nnc(CCCCC[NH3+])o1. The van der Waals surface area contributed by atoms with Crippen LogP contribution in [0.15, 0.2) is 9.64 Å². The molecule has 0 aliphatic carbocycles. The first-order valence-electron chi connectivity index (χ1n) is 6.08. The summed E-state index contributed by atoms with van der Waals surface area (Å²) in [5, 5.41) is 8.34. The Kier molecular flexibility index (Phi) is 6.74. The molecule has 0 saturated carbocycles. The Bertz CT molecular complexity index is 368. The highest BCUT2D eigenvalue weighted by Gasteiger charge is 2.10. The second kappa shape index (κ2) is 8.10. The minimum Gasteiger partial charge on any atom is -0.416 e. The van der Waals surface area contributed by atoms with E-state index in [4.69, 9.17) is 4.42 Å². The summed E-state index contributed by atoms with van der Waals surface area (Å²) >= 11 is 1.28. The van der Waals surface area contributed by atoms with Gasteiger partial charge in [-0.1, -0.05) is 11.8 Å². The molecule has 0 aliphatic rings. The van der Waals surface area contributed by atoms with Crippen molar-refractivity contribution in [1.29, 1.82) is 0 Å². The molecule has 0 spiro atoms. The van der Waals surface area contributed by atoms with Crippen LogP contribution in [0.2, 0.25) is 0 Å². The van der Waals surface area contributed by atoms with Crippen molar-refractivity contribution in [3.8, 4) is 0 Å². The molecule has 0 radical (unpaired) electrons. The quantitative estimate of drug-likeness (QED) is 0.540. The molecule has 3 N–H and O–H groups in total. The van der Waals surface area contributed by atoms with Gasteiger partial charge in [0.25, 0.3) is 5.22 Å². The predicted octanol–water partition coefficient (Wildman–Crippen LogP) is 0.205. The van der Waals surface area contributed by atoms with Gasteiger partial charge in [-0.2, -0.15) is 0 Å². The van der Waals surface area contributed by atoms with Crippen molar-refractivity contribution < 1.29 is 14.9 Å². The summed E-state index contributed by atoms with van der Waals surface area (Å²) < 4.78 is 5.45. The molecule has 1 amide bonds. The molecule has 0 unspecified atom stereocenters. The maximum Gasteiger partial charge on any atom is 0.277 e. The average molecular weight is 273 g/mol. The van der Waals surface area contributed by atoms with Crippen LogP contribution in [0.1, 0.15) is 25.2 Å². The second-order valence-electron chi connectivity index (χ2n) is 4.20. The number of carbonyl (C=O) groups excluding carboxylic acids is 1. The third-order valence-electron chi connectivity index (χ3n) is 2.41. The molecule has 0 fully saturated rings. The molecule has 0 aromatic carbocycles. The van der Waals surface area contributed by atoms with E-state index in [-0.39, 0.29) is 5.91 Å². The van der Waals surface area contributed by atoms with E-state index in [1.165, 1.54) is 11.8 Å². The van der Waals surface area contributed by atoms with Crippen LogP contribution >= 0.6 is 11.8 Å². The summed E-state index contributed by atoms with van der Waals surface area (Å²) in [5.74, 6) is 1.02. The van der Waals surface area contributed by atoms with Gasteiger partial charge in [-0.15, -0.1) is 10.2 Å². The minimum absolute atomic E-state index is 0.0372. The fraction of sp³-hybridized carbons (Fsp3) is 0.727. The van der Waals surface area contributed by atoms with Crippen LogP contribution in [0.4, 0.5) is 0 Å². The van der Waals surface area contributed by atoms with Crippen LogP contribution in [0, 0.1) is 0 Å². The molecule has 18 heavy (non-hydrogen) atoms. The van der Waals surface area contributed by atoms with E-state index in [1.54, 1.807) is 19.0 Å². The highest BCUT2D eigenvalue weighted by atomic mass is 32.2. The molecule has 1 heterocycles. The van der Waals surface area contributed by atoms with Crippen LogP contribution in [0.3, 0.4) is 0 Å². The summed E-state index contributed by atoms with van der Waals surface area (Å²) in [4.78, 5) is 12.9. The van der Waals surface area contributed by atoms with Gasteiger partial charge in [0, 0.05) is 20.5 Å². The first kappa shape index (κ1) is 15.0. The Hall–Kier alpha value is -1.08. The van der Waals surface area contributed by atoms with Crippen LogP contribution in [-0.4, -0.2) is 47.4 Å².